The Morgan fingerprint density at radius 3 is 2.31 bits per heavy atom. The molecule has 0 radical (unpaired) electrons. The molecule has 0 saturated heterocycles. The van der Waals surface area contributed by atoms with E-state index in [2.05, 4.69) is 4.94 Å². The van der Waals surface area contributed by atoms with E-state index < -0.39 is 17.3 Å². The van der Waals surface area contributed by atoms with E-state index in [0.29, 0.717) is 6.42 Å². The van der Waals surface area contributed by atoms with Crippen molar-refractivity contribution in [3.8, 4) is 0 Å². The summed E-state index contributed by atoms with van der Waals surface area (Å²) >= 11 is 5.34. The third kappa shape index (κ3) is 1.39. The summed E-state index contributed by atoms with van der Waals surface area (Å²) in [6, 6.07) is 0. The highest BCUT2D eigenvalue weighted by Gasteiger charge is 2.63. The van der Waals surface area contributed by atoms with Crippen LogP contribution in [0.5, 0.6) is 0 Å². The van der Waals surface area contributed by atoms with Gasteiger partial charge >= 0.3 is 11.9 Å². The topological polar surface area (TPSA) is 26.3 Å². The van der Waals surface area contributed by atoms with E-state index >= 15 is 0 Å². The fourth-order valence-electron chi connectivity index (χ4n) is 1.40. The molecular weight excluding hydrogens is 209 g/mol. The Hall–Kier alpha value is -0.450. The molecule has 1 saturated carbocycles. The van der Waals surface area contributed by atoms with Crippen LogP contribution in [0.4, 0.5) is 13.3 Å². The molecule has 1 rings (SSSR count). The van der Waals surface area contributed by atoms with Gasteiger partial charge in [0, 0.05) is 10.4 Å². The van der Waals surface area contributed by atoms with E-state index in [1.165, 1.54) is 0 Å². The van der Waals surface area contributed by atoms with Gasteiger partial charge in [0.05, 0.1) is 5.41 Å². The summed E-state index contributed by atoms with van der Waals surface area (Å²) in [7, 11) is 0. The Kier molecular flexibility index (Phi) is 2.75. The lowest BCUT2D eigenvalue weighted by Gasteiger charge is -2.43. The maximum atomic E-state index is 13.1. The Balaban J connectivity index is 2.83. The molecule has 0 aliphatic heterocycles. The van der Waals surface area contributed by atoms with Gasteiger partial charge in [0.25, 0.3) is 0 Å². The van der Waals surface area contributed by atoms with Crippen LogP contribution < -0.4 is 0 Å². The van der Waals surface area contributed by atoms with Gasteiger partial charge in [0.2, 0.25) is 0 Å². The Morgan fingerprint density at radius 2 is 2.08 bits per heavy atom. The fraction of sp³-hybridized carbons (Fsp3) is 0.857. The molecule has 0 spiro atoms. The first-order valence-electron chi connectivity index (χ1n) is 3.77. The summed E-state index contributed by atoms with van der Waals surface area (Å²) in [5.41, 5.74) is -1.60. The summed E-state index contributed by atoms with van der Waals surface area (Å²) in [5.74, 6) is -6.33. The van der Waals surface area contributed by atoms with Gasteiger partial charge in [0.15, 0.2) is 0 Å². The summed E-state index contributed by atoms with van der Waals surface area (Å²) < 4.78 is 37.6. The molecule has 76 valence electrons. The van der Waals surface area contributed by atoms with Gasteiger partial charge in [-0.15, -0.1) is 11.6 Å². The SMILES string of the molecule is O=C(OF)C(F)(F)C1(CCl)CCC1. The normalized spacial score (nSPS) is 20.6. The van der Waals surface area contributed by atoms with Crippen molar-refractivity contribution in [3.05, 3.63) is 0 Å². The van der Waals surface area contributed by atoms with Gasteiger partial charge < -0.3 is 0 Å². The molecule has 0 aromatic carbocycles. The lowest BCUT2D eigenvalue weighted by Crippen LogP contribution is -2.53. The van der Waals surface area contributed by atoms with Crippen LogP contribution in [-0.2, 0) is 9.74 Å². The molecule has 1 aliphatic carbocycles. The van der Waals surface area contributed by atoms with Crippen molar-refractivity contribution >= 4 is 17.6 Å². The highest BCUT2D eigenvalue weighted by molar-refractivity contribution is 6.18. The van der Waals surface area contributed by atoms with Crippen molar-refractivity contribution in [2.45, 2.75) is 25.2 Å². The van der Waals surface area contributed by atoms with E-state index in [0.717, 1.165) is 0 Å². The van der Waals surface area contributed by atoms with Crippen LogP contribution >= 0.6 is 11.6 Å². The third-order valence-electron chi connectivity index (χ3n) is 2.56. The average Bonchev–Trinajstić information content (AvgIpc) is 2.01. The largest absolute Gasteiger partial charge is 0.418 e. The molecule has 0 amide bonds. The van der Waals surface area contributed by atoms with Gasteiger partial charge in [-0.2, -0.15) is 8.78 Å². The second kappa shape index (κ2) is 3.36. The molecule has 1 fully saturated rings. The zero-order chi connectivity index (χ0) is 10.1. The van der Waals surface area contributed by atoms with Gasteiger partial charge in [-0.1, -0.05) is 6.42 Å². The molecule has 0 N–H and O–H groups in total. The predicted octanol–water partition coefficient (Wildman–Crippen LogP) is 2.46. The Labute approximate surface area is 77.9 Å². The van der Waals surface area contributed by atoms with Crippen LogP contribution in [0.3, 0.4) is 0 Å². The predicted molar refractivity (Wildman–Crippen MR) is 39.2 cm³/mol. The lowest BCUT2D eigenvalue weighted by molar-refractivity contribution is -0.235. The summed E-state index contributed by atoms with van der Waals surface area (Å²) in [6.45, 7) is 0. The van der Waals surface area contributed by atoms with Crippen LogP contribution in [0.15, 0.2) is 0 Å². The van der Waals surface area contributed by atoms with Gasteiger partial charge in [0.1, 0.15) is 0 Å². The quantitative estimate of drug-likeness (QED) is 0.678. The van der Waals surface area contributed by atoms with Gasteiger partial charge in [-0.05, 0) is 12.8 Å². The minimum Gasteiger partial charge on any atom is -0.248 e. The van der Waals surface area contributed by atoms with Crippen LogP contribution in [0.2, 0.25) is 0 Å². The maximum absolute atomic E-state index is 13.1. The number of carbonyl (C=O) groups is 1. The van der Waals surface area contributed by atoms with Crippen molar-refractivity contribution in [2.75, 3.05) is 5.88 Å². The molecular formula is C7H8ClF3O2. The summed E-state index contributed by atoms with van der Waals surface area (Å²) in [6.07, 6.45) is 0.819. The van der Waals surface area contributed by atoms with Gasteiger partial charge in [-0.25, -0.2) is 9.74 Å². The van der Waals surface area contributed by atoms with E-state index in [9.17, 15) is 18.1 Å². The first-order valence-corrected chi connectivity index (χ1v) is 4.30. The monoisotopic (exact) mass is 216 g/mol. The molecule has 0 aromatic rings. The number of hydrogen-bond acceptors (Lipinski definition) is 2. The van der Waals surface area contributed by atoms with Crippen LogP contribution in [0.25, 0.3) is 0 Å². The number of halogens is 4. The van der Waals surface area contributed by atoms with Crippen molar-refractivity contribution in [2.24, 2.45) is 5.41 Å². The molecule has 13 heavy (non-hydrogen) atoms. The summed E-state index contributed by atoms with van der Waals surface area (Å²) in [5, 5.41) is 0. The minimum absolute atomic E-state index is 0.124. The first kappa shape index (κ1) is 10.6. The first-order chi connectivity index (χ1) is 6.00. The molecule has 6 heteroatoms. The van der Waals surface area contributed by atoms with Crippen LogP contribution in [-0.4, -0.2) is 17.8 Å². The fourth-order valence-corrected chi connectivity index (χ4v) is 1.84. The highest BCUT2D eigenvalue weighted by Crippen LogP contribution is 2.53. The Bertz CT molecular complexity index is 210. The number of hydrogen-bond donors (Lipinski definition) is 0. The molecule has 2 nitrogen and oxygen atoms in total. The zero-order valence-electron chi connectivity index (χ0n) is 6.66. The average molecular weight is 217 g/mol. The van der Waals surface area contributed by atoms with Gasteiger partial charge in [-0.3, -0.25) is 0 Å². The van der Waals surface area contributed by atoms with Crippen molar-refractivity contribution in [1.29, 1.82) is 0 Å². The standard InChI is InChI=1S/C7H8ClF3O2/c8-4-6(2-1-3-6)7(9,10)5(12)13-11/h1-4H2. The molecule has 0 aromatic heterocycles. The summed E-state index contributed by atoms with van der Waals surface area (Å²) in [4.78, 5) is 13.0. The highest BCUT2D eigenvalue weighted by atomic mass is 35.5. The Morgan fingerprint density at radius 1 is 1.54 bits per heavy atom. The molecule has 0 bridgehead atoms. The molecule has 1 aliphatic rings. The number of carbonyl (C=O) groups excluding carboxylic acids is 1. The van der Waals surface area contributed by atoms with E-state index in [-0.39, 0.29) is 18.7 Å². The van der Waals surface area contributed by atoms with Crippen LogP contribution in [0.1, 0.15) is 19.3 Å². The van der Waals surface area contributed by atoms with E-state index in [4.69, 9.17) is 11.6 Å². The maximum Gasteiger partial charge on any atom is 0.418 e. The molecule has 0 atom stereocenters. The number of alkyl halides is 3. The van der Waals surface area contributed by atoms with E-state index in [1.54, 1.807) is 0 Å². The second-order valence-corrected chi connectivity index (χ2v) is 3.47. The van der Waals surface area contributed by atoms with Crippen molar-refractivity contribution in [1.82, 2.24) is 0 Å². The van der Waals surface area contributed by atoms with Crippen LogP contribution in [0, 0.1) is 5.41 Å². The third-order valence-corrected chi connectivity index (χ3v) is 3.07. The number of rotatable bonds is 3. The zero-order valence-corrected chi connectivity index (χ0v) is 7.41. The minimum atomic E-state index is -3.82. The second-order valence-electron chi connectivity index (χ2n) is 3.21. The molecule has 0 unspecified atom stereocenters. The lowest BCUT2D eigenvalue weighted by atomic mass is 9.66. The van der Waals surface area contributed by atoms with Crippen molar-refractivity contribution in [3.63, 3.8) is 0 Å². The van der Waals surface area contributed by atoms with E-state index in [1.807, 2.05) is 0 Å². The smallest absolute Gasteiger partial charge is 0.248 e. The van der Waals surface area contributed by atoms with Crippen molar-refractivity contribution < 1.29 is 23.0 Å². The molecule has 0 heterocycles.